The lowest BCUT2D eigenvalue weighted by molar-refractivity contribution is -0.142. The van der Waals surface area contributed by atoms with Crippen molar-refractivity contribution in [2.75, 3.05) is 13.7 Å². The molecule has 1 rings (SSSR count). The van der Waals surface area contributed by atoms with Gasteiger partial charge in [-0.15, -0.1) is 0 Å². The highest BCUT2D eigenvalue weighted by Gasteiger charge is 2.01. The molecule has 1 aromatic carbocycles. The van der Waals surface area contributed by atoms with Crippen LogP contribution in [0.2, 0.25) is 0 Å². The molecule has 0 spiro atoms. The van der Waals surface area contributed by atoms with Crippen molar-refractivity contribution in [1.82, 2.24) is 0 Å². The van der Waals surface area contributed by atoms with Crippen LogP contribution < -0.4 is 10.6 Å². The minimum absolute atomic E-state index is 0.0940. The van der Waals surface area contributed by atoms with E-state index in [2.05, 4.69) is 9.57 Å². The molecule has 5 heteroatoms. The Morgan fingerprint density at radius 2 is 2.00 bits per heavy atom. The number of hydrogen-bond acceptors (Lipinski definition) is 5. The lowest BCUT2D eigenvalue weighted by Gasteiger charge is -2.05. The second-order valence-corrected chi connectivity index (χ2v) is 2.82. The average molecular weight is 211 g/mol. The van der Waals surface area contributed by atoms with E-state index in [-0.39, 0.29) is 6.61 Å². The maximum absolute atomic E-state index is 10.8. The highest BCUT2D eigenvalue weighted by Crippen LogP contribution is 2.12. The normalized spacial score (nSPS) is 9.73. The Labute approximate surface area is 87.7 Å². The molecule has 0 unspecified atom stereocenters. The summed E-state index contributed by atoms with van der Waals surface area (Å²) in [6.45, 7) is 0.251. The van der Waals surface area contributed by atoms with Gasteiger partial charge in [-0.2, -0.15) is 0 Å². The van der Waals surface area contributed by atoms with Crippen LogP contribution in [0.3, 0.4) is 0 Å². The molecule has 0 saturated carbocycles. The van der Waals surface area contributed by atoms with E-state index < -0.39 is 5.97 Å². The fourth-order valence-electron chi connectivity index (χ4n) is 0.979. The van der Waals surface area contributed by atoms with E-state index >= 15 is 0 Å². The first-order valence-corrected chi connectivity index (χ1v) is 4.36. The number of hydrogen-bond donors (Lipinski definition) is 1. The van der Waals surface area contributed by atoms with Crippen molar-refractivity contribution in [3.05, 3.63) is 29.8 Å². The standard InChI is InChI=1S/C10H13NO4/c1-13-10(12)7-14-9-4-2-8(3-5-9)6-15-11/h2-5H,6-7,11H2,1H3. The Bertz CT molecular complexity index is 310. The van der Waals surface area contributed by atoms with E-state index in [0.717, 1.165) is 5.56 Å². The van der Waals surface area contributed by atoms with Gasteiger partial charge >= 0.3 is 5.97 Å². The maximum Gasteiger partial charge on any atom is 0.343 e. The van der Waals surface area contributed by atoms with E-state index in [1.54, 1.807) is 24.3 Å². The van der Waals surface area contributed by atoms with Crippen molar-refractivity contribution in [2.45, 2.75) is 6.61 Å². The fourth-order valence-corrected chi connectivity index (χ4v) is 0.979. The molecule has 2 N–H and O–H groups in total. The molecule has 82 valence electrons. The summed E-state index contributed by atoms with van der Waals surface area (Å²) in [5, 5.41) is 0. The predicted molar refractivity (Wildman–Crippen MR) is 52.9 cm³/mol. The first-order valence-electron chi connectivity index (χ1n) is 4.36. The van der Waals surface area contributed by atoms with Gasteiger partial charge in [0, 0.05) is 0 Å². The monoisotopic (exact) mass is 211 g/mol. The quantitative estimate of drug-likeness (QED) is 0.571. The van der Waals surface area contributed by atoms with Crippen molar-refractivity contribution in [3.63, 3.8) is 0 Å². The molecule has 0 radical (unpaired) electrons. The minimum atomic E-state index is -0.413. The zero-order valence-corrected chi connectivity index (χ0v) is 8.43. The predicted octanol–water partition coefficient (Wildman–Crippen LogP) is 0.629. The molecule has 0 aliphatic carbocycles. The molecule has 0 aliphatic rings. The van der Waals surface area contributed by atoms with Gasteiger partial charge in [0.25, 0.3) is 0 Å². The van der Waals surface area contributed by atoms with Crippen LogP contribution in [0.25, 0.3) is 0 Å². The van der Waals surface area contributed by atoms with Gasteiger partial charge in [-0.25, -0.2) is 10.7 Å². The molecule has 0 aliphatic heterocycles. The number of nitrogens with two attached hydrogens (primary N) is 1. The highest BCUT2D eigenvalue weighted by atomic mass is 16.6. The number of carbonyl (C=O) groups excluding carboxylic acids is 1. The summed E-state index contributed by atoms with van der Waals surface area (Å²) in [7, 11) is 1.31. The largest absolute Gasteiger partial charge is 0.482 e. The third-order valence-electron chi connectivity index (χ3n) is 1.76. The molecule has 0 atom stereocenters. The van der Waals surface area contributed by atoms with Gasteiger partial charge in [0.2, 0.25) is 0 Å². The fraction of sp³-hybridized carbons (Fsp3) is 0.300. The lowest BCUT2D eigenvalue weighted by Crippen LogP contribution is -2.12. The summed E-state index contributed by atoms with van der Waals surface area (Å²) in [6.07, 6.45) is 0. The number of ether oxygens (including phenoxy) is 2. The third-order valence-corrected chi connectivity index (χ3v) is 1.76. The van der Waals surface area contributed by atoms with Crippen molar-refractivity contribution >= 4 is 5.97 Å². The average Bonchev–Trinajstić information content (AvgIpc) is 2.28. The van der Waals surface area contributed by atoms with Crippen LogP contribution in [0.4, 0.5) is 0 Å². The summed E-state index contributed by atoms with van der Waals surface area (Å²) < 4.78 is 9.58. The molecule has 15 heavy (non-hydrogen) atoms. The zero-order chi connectivity index (χ0) is 11.1. The molecule has 5 nitrogen and oxygen atoms in total. The minimum Gasteiger partial charge on any atom is -0.482 e. The Hall–Kier alpha value is -1.59. The number of benzene rings is 1. The van der Waals surface area contributed by atoms with Gasteiger partial charge in [0.15, 0.2) is 6.61 Å². The molecule has 0 saturated heterocycles. The van der Waals surface area contributed by atoms with Gasteiger partial charge < -0.3 is 9.47 Å². The molecule has 1 aromatic rings. The molecule has 0 amide bonds. The van der Waals surface area contributed by atoms with Crippen LogP contribution in [0.15, 0.2) is 24.3 Å². The summed E-state index contributed by atoms with van der Waals surface area (Å²) >= 11 is 0. The summed E-state index contributed by atoms with van der Waals surface area (Å²) in [4.78, 5) is 15.2. The van der Waals surface area contributed by atoms with E-state index in [4.69, 9.17) is 10.6 Å². The molecule has 0 fully saturated rings. The van der Waals surface area contributed by atoms with Crippen molar-refractivity contribution in [1.29, 1.82) is 0 Å². The molecule has 0 bridgehead atoms. The van der Waals surface area contributed by atoms with Crippen LogP contribution in [0, 0.1) is 0 Å². The Morgan fingerprint density at radius 1 is 1.33 bits per heavy atom. The molecule has 0 aromatic heterocycles. The van der Waals surface area contributed by atoms with E-state index in [1.165, 1.54) is 7.11 Å². The van der Waals surface area contributed by atoms with Gasteiger partial charge in [-0.1, -0.05) is 12.1 Å². The lowest BCUT2D eigenvalue weighted by atomic mass is 10.2. The second kappa shape index (κ2) is 6.00. The van der Waals surface area contributed by atoms with Crippen molar-refractivity contribution in [3.8, 4) is 5.75 Å². The van der Waals surface area contributed by atoms with Crippen LogP contribution >= 0.6 is 0 Å². The molecule has 0 heterocycles. The summed E-state index contributed by atoms with van der Waals surface area (Å²) in [6, 6.07) is 7.08. The van der Waals surface area contributed by atoms with Gasteiger partial charge in [0.1, 0.15) is 5.75 Å². The number of methoxy groups -OCH3 is 1. The summed E-state index contributed by atoms with van der Waals surface area (Å²) in [5.41, 5.74) is 0.933. The zero-order valence-electron chi connectivity index (χ0n) is 8.43. The van der Waals surface area contributed by atoms with E-state index in [1.807, 2.05) is 0 Å². The van der Waals surface area contributed by atoms with Crippen LogP contribution in [-0.2, 0) is 21.0 Å². The number of carbonyl (C=O) groups is 1. The maximum atomic E-state index is 10.8. The van der Waals surface area contributed by atoms with Crippen LogP contribution in [-0.4, -0.2) is 19.7 Å². The molecular formula is C10H13NO4. The van der Waals surface area contributed by atoms with Crippen LogP contribution in [0.5, 0.6) is 5.75 Å². The smallest absolute Gasteiger partial charge is 0.343 e. The van der Waals surface area contributed by atoms with E-state index in [0.29, 0.717) is 12.4 Å². The first kappa shape index (κ1) is 11.5. The van der Waals surface area contributed by atoms with Gasteiger partial charge in [0.05, 0.1) is 13.7 Å². The Balaban J connectivity index is 2.45. The van der Waals surface area contributed by atoms with Crippen LogP contribution in [0.1, 0.15) is 5.56 Å². The molecular weight excluding hydrogens is 198 g/mol. The first-order chi connectivity index (χ1) is 7.26. The topological polar surface area (TPSA) is 70.8 Å². The summed E-state index contributed by atoms with van der Waals surface area (Å²) in [5.74, 6) is 5.11. The van der Waals surface area contributed by atoms with Crippen molar-refractivity contribution < 1.29 is 19.1 Å². The second-order valence-electron chi connectivity index (χ2n) is 2.82. The van der Waals surface area contributed by atoms with E-state index in [9.17, 15) is 4.79 Å². The van der Waals surface area contributed by atoms with Gasteiger partial charge in [-0.3, -0.25) is 4.84 Å². The Kier molecular flexibility index (Phi) is 4.59. The Morgan fingerprint density at radius 3 is 2.53 bits per heavy atom. The number of esters is 1. The third kappa shape index (κ3) is 3.97. The van der Waals surface area contributed by atoms with Gasteiger partial charge in [-0.05, 0) is 17.7 Å². The number of rotatable bonds is 5. The van der Waals surface area contributed by atoms with Crippen molar-refractivity contribution in [2.24, 2.45) is 5.90 Å². The highest BCUT2D eigenvalue weighted by molar-refractivity contribution is 5.70. The SMILES string of the molecule is COC(=O)COc1ccc(CON)cc1.